The Bertz CT molecular complexity index is 212. The van der Waals surface area contributed by atoms with E-state index in [1.54, 1.807) is 11.8 Å². The van der Waals surface area contributed by atoms with Crippen LogP contribution in [0.25, 0.3) is 0 Å². The third-order valence-electron chi connectivity index (χ3n) is 2.34. The Kier molecular flexibility index (Phi) is 7.80. The van der Waals surface area contributed by atoms with E-state index in [9.17, 15) is 4.79 Å². The maximum atomic E-state index is 11.4. The van der Waals surface area contributed by atoms with Crippen LogP contribution in [0.5, 0.6) is 0 Å². The molecule has 5 heteroatoms. The molecule has 4 nitrogen and oxygen atoms in total. The fraction of sp³-hybridized carbons (Fsp3) is 0.909. The SMILES string of the molecule is CC(C)NC(C)(CCSCCCO)C(N)=O. The zero-order valence-corrected chi connectivity index (χ0v) is 11.3. The highest BCUT2D eigenvalue weighted by Crippen LogP contribution is 2.15. The minimum absolute atomic E-state index is 0.227. The molecule has 0 aromatic rings. The van der Waals surface area contributed by atoms with E-state index in [4.69, 9.17) is 10.8 Å². The largest absolute Gasteiger partial charge is 0.396 e. The van der Waals surface area contributed by atoms with Crippen molar-refractivity contribution in [1.29, 1.82) is 0 Å². The summed E-state index contributed by atoms with van der Waals surface area (Å²) in [5.74, 6) is 1.50. The van der Waals surface area contributed by atoms with Crippen LogP contribution in [0.2, 0.25) is 0 Å². The number of thioether (sulfide) groups is 1. The summed E-state index contributed by atoms with van der Waals surface area (Å²) >= 11 is 1.74. The number of aliphatic hydroxyl groups excluding tert-OH is 1. The molecular weight excluding hydrogens is 224 g/mol. The number of amides is 1. The van der Waals surface area contributed by atoms with Gasteiger partial charge in [0.15, 0.2) is 0 Å². The van der Waals surface area contributed by atoms with Gasteiger partial charge in [0.1, 0.15) is 0 Å². The number of nitrogens with one attached hydrogen (secondary N) is 1. The van der Waals surface area contributed by atoms with Gasteiger partial charge < -0.3 is 16.2 Å². The minimum atomic E-state index is -0.625. The molecule has 1 amide bonds. The number of carbonyl (C=O) groups excluding carboxylic acids is 1. The summed E-state index contributed by atoms with van der Waals surface area (Å²) in [6.07, 6.45) is 1.52. The van der Waals surface area contributed by atoms with Crippen LogP contribution in [-0.2, 0) is 4.79 Å². The van der Waals surface area contributed by atoms with Gasteiger partial charge in [0.05, 0.1) is 5.54 Å². The van der Waals surface area contributed by atoms with Crippen molar-refractivity contribution in [3.05, 3.63) is 0 Å². The first-order valence-electron chi connectivity index (χ1n) is 5.68. The first kappa shape index (κ1) is 15.7. The molecule has 0 aromatic heterocycles. The molecule has 0 heterocycles. The molecule has 0 aromatic carbocycles. The standard InChI is InChI=1S/C11H24N2O2S/c1-9(2)13-11(3,10(12)15)5-8-16-7-4-6-14/h9,13-14H,4-8H2,1-3H3,(H2,12,15). The number of rotatable bonds is 9. The lowest BCUT2D eigenvalue weighted by Crippen LogP contribution is -2.55. The second-order valence-corrected chi connectivity index (χ2v) is 5.66. The molecule has 0 aliphatic rings. The summed E-state index contributed by atoms with van der Waals surface area (Å²) in [5.41, 5.74) is 4.78. The Morgan fingerprint density at radius 2 is 2.12 bits per heavy atom. The Labute approximate surface area is 102 Å². The molecule has 96 valence electrons. The van der Waals surface area contributed by atoms with Crippen molar-refractivity contribution in [2.45, 2.75) is 45.2 Å². The molecule has 4 N–H and O–H groups in total. The van der Waals surface area contributed by atoms with E-state index in [0.717, 1.165) is 24.3 Å². The van der Waals surface area contributed by atoms with Gasteiger partial charge in [-0.3, -0.25) is 4.79 Å². The second-order valence-electron chi connectivity index (χ2n) is 4.43. The second kappa shape index (κ2) is 7.92. The smallest absolute Gasteiger partial charge is 0.237 e. The van der Waals surface area contributed by atoms with Gasteiger partial charge in [-0.1, -0.05) is 0 Å². The van der Waals surface area contributed by atoms with Crippen molar-refractivity contribution in [3.8, 4) is 0 Å². The summed E-state index contributed by atoms with van der Waals surface area (Å²) in [5, 5.41) is 11.8. The van der Waals surface area contributed by atoms with Crippen molar-refractivity contribution in [3.63, 3.8) is 0 Å². The maximum absolute atomic E-state index is 11.4. The lowest BCUT2D eigenvalue weighted by molar-refractivity contribution is -0.124. The molecule has 0 fully saturated rings. The minimum Gasteiger partial charge on any atom is -0.396 e. The Hall–Kier alpha value is -0.260. The fourth-order valence-electron chi connectivity index (χ4n) is 1.45. The van der Waals surface area contributed by atoms with Gasteiger partial charge in [-0.2, -0.15) is 11.8 Å². The Morgan fingerprint density at radius 1 is 1.50 bits per heavy atom. The highest BCUT2D eigenvalue weighted by Gasteiger charge is 2.30. The predicted molar refractivity (Wildman–Crippen MR) is 69.5 cm³/mol. The molecule has 0 aliphatic heterocycles. The van der Waals surface area contributed by atoms with E-state index in [1.165, 1.54) is 0 Å². The van der Waals surface area contributed by atoms with Gasteiger partial charge in [-0.05, 0) is 45.1 Å². The van der Waals surface area contributed by atoms with Gasteiger partial charge in [0, 0.05) is 12.6 Å². The van der Waals surface area contributed by atoms with Crippen molar-refractivity contribution in [2.75, 3.05) is 18.1 Å². The molecule has 1 unspecified atom stereocenters. The molecule has 16 heavy (non-hydrogen) atoms. The molecule has 0 saturated heterocycles. The quantitative estimate of drug-likeness (QED) is 0.526. The van der Waals surface area contributed by atoms with Crippen LogP contribution in [0, 0.1) is 0 Å². The van der Waals surface area contributed by atoms with E-state index >= 15 is 0 Å². The summed E-state index contributed by atoms with van der Waals surface area (Å²) in [7, 11) is 0. The topological polar surface area (TPSA) is 75.3 Å². The number of hydrogen-bond donors (Lipinski definition) is 3. The van der Waals surface area contributed by atoms with Crippen LogP contribution in [0.3, 0.4) is 0 Å². The number of primary amides is 1. The van der Waals surface area contributed by atoms with Crippen LogP contribution < -0.4 is 11.1 Å². The molecule has 0 rings (SSSR count). The predicted octanol–water partition coefficient (Wildman–Crippen LogP) is 0.734. The highest BCUT2D eigenvalue weighted by molar-refractivity contribution is 7.99. The van der Waals surface area contributed by atoms with Gasteiger partial charge in [-0.25, -0.2) is 0 Å². The summed E-state index contributed by atoms with van der Waals surface area (Å²) in [6, 6.07) is 0.236. The molecule has 0 saturated carbocycles. The van der Waals surface area contributed by atoms with Crippen LogP contribution in [-0.4, -0.2) is 40.7 Å². The number of hydrogen-bond acceptors (Lipinski definition) is 4. The van der Waals surface area contributed by atoms with Gasteiger partial charge in [-0.15, -0.1) is 0 Å². The number of aliphatic hydroxyl groups is 1. The van der Waals surface area contributed by atoms with E-state index in [1.807, 2.05) is 20.8 Å². The highest BCUT2D eigenvalue weighted by atomic mass is 32.2. The van der Waals surface area contributed by atoms with Crippen molar-refractivity contribution < 1.29 is 9.90 Å². The van der Waals surface area contributed by atoms with Crippen LogP contribution >= 0.6 is 11.8 Å². The number of carbonyl (C=O) groups is 1. The summed E-state index contributed by atoms with van der Waals surface area (Å²) in [4.78, 5) is 11.4. The van der Waals surface area contributed by atoms with E-state index in [-0.39, 0.29) is 18.6 Å². The average Bonchev–Trinajstić information content (AvgIpc) is 2.16. The van der Waals surface area contributed by atoms with Crippen molar-refractivity contribution in [2.24, 2.45) is 5.73 Å². The van der Waals surface area contributed by atoms with E-state index < -0.39 is 5.54 Å². The third-order valence-corrected chi connectivity index (χ3v) is 3.41. The Morgan fingerprint density at radius 3 is 2.56 bits per heavy atom. The molecular formula is C11H24N2O2S. The molecule has 0 aliphatic carbocycles. The van der Waals surface area contributed by atoms with Crippen molar-refractivity contribution in [1.82, 2.24) is 5.32 Å². The number of nitrogens with two attached hydrogens (primary N) is 1. The van der Waals surface area contributed by atoms with Gasteiger partial charge >= 0.3 is 0 Å². The summed E-state index contributed by atoms with van der Waals surface area (Å²) in [6.45, 7) is 6.08. The lowest BCUT2D eigenvalue weighted by Gasteiger charge is -2.29. The first-order chi connectivity index (χ1) is 7.42. The molecule has 0 bridgehead atoms. The third kappa shape index (κ3) is 6.35. The normalized spacial score (nSPS) is 15.1. The van der Waals surface area contributed by atoms with E-state index in [0.29, 0.717) is 0 Å². The van der Waals surface area contributed by atoms with Crippen molar-refractivity contribution >= 4 is 17.7 Å². The van der Waals surface area contributed by atoms with Gasteiger partial charge in [0.2, 0.25) is 5.91 Å². The Balaban J connectivity index is 3.98. The molecule has 1 atom stereocenters. The van der Waals surface area contributed by atoms with Crippen LogP contribution in [0.4, 0.5) is 0 Å². The van der Waals surface area contributed by atoms with Gasteiger partial charge in [0.25, 0.3) is 0 Å². The van der Waals surface area contributed by atoms with Crippen LogP contribution in [0.15, 0.2) is 0 Å². The summed E-state index contributed by atoms with van der Waals surface area (Å²) < 4.78 is 0. The van der Waals surface area contributed by atoms with Crippen LogP contribution in [0.1, 0.15) is 33.6 Å². The monoisotopic (exact) mass is 248 g/mol. The average molecular weight is 248 g/mol. The van der Waals surface area contributed by atoms with E-state index in [2.05, 4.69) is 5.32 Å². The first-order valence-corrected chi connectivity index (χ1v) is 6.84. The fourth-order valence-corrected chi connectivity index (χ4v) is 2.54. The molecule has 0 spiro atoms. The zero-order chi connectivity index (χ0) is 12.6. The molecule has 0 radical (unpaired) electrons. The maximum Gasteiger partial charge on any atom is 0.237 e. The zero-order valence-electron chi connectivity index (χ0n) is 10.5. The lowest BCUT2D eigenvalue weighted by atomic mass is 9.97.